The van der Waals surface area contributed by atoms with E-state index in [1.807, 2.05) is 43.3 Å². The van der Waals surface area contributed by atoms with Crippen molar-refractivity contribution in [2.75, 3.05) is 0 Å². The number of carboxylic acid groups (broad SMARTS) is 1. The monoisotopic (exact) mass is 212 g/mol. The summed E-state index contributed by atoms with van der Waals surface area (Å²) >= 11 is 0. The first-order valence-corrected chi connectivity index (χ1v) is 5.08. The summed E-state index contributed by atoms with van der Waals surface area (Å²) in [5.74, 6) is -0.924. The first-order valence-electron chi connectivity index (χ1n) is 5.08. The Morgan fingerprint density at radius 1 is 1.19 bits per heavy atom. The molecule has 2 heteroatoms. The summed E-state index contributed by atoms with van der Waals surface area (Å²) in [6, 6.07) is 12.0. The topological polar surface area (TPSA) is 37.3 Å². The average molecular weight is 212 g/mol. The number of hydrogen-bond acceptors (Lipinski definition) is 1. The van der Waals surface area contributed by atoms with Gasteiger partial charge >= 0.3 is 5.97 Å². The maximum atomic E-state index is 10.5. The maximum Gasteiger partial charge on any atom is 0.328 e. The Morgan fingerprint density at radius 2 is 1.94 bits per heavy atom. The molecular formula is C14H12O2. The molecule has 0 saturated heterocycles. The number of fused-ring (bicyclic) bond motifs is 1. The number of carboxylic acids is 1. The molecule has 0 saturated carbocycles. The maximum absolute atomic E-state index is 10.5. The summed E-state index contributed by atoms with van der Waals surface area (Å²) in [5, 5.41) is 10.9. The van der Waals surface area contributed by atoms with Crippen LogP contribution in [0.25, 0.3) is 16.8 Å². The summed E-state index contributed by atoms with van der Waals surface area (Å²) in [4.78, 5) is 10.5. The molecule has 0 fully saturated rings. The number of rotatable bonds is 2. The zero-order chi connectivity index (χ0) is 11.5. The molecule has 0 radical (unpaired) electrons. The van der Waals surface area contributed by atoms with E-state index in [4.69, 9.17) is 5.11 Å². The lowest BCUT2D eigenvalue weighted by Gasteiger charge is -2.05. The van der Waals surface area contributed by atoms with E-state index in [0.717, 1.165) is 21.9 Å². The first-order chi connectivity index (χ1) is 7.68. The lowest BCUT2D eigenvalue weighted by atomic mass is 9.99. The van der Waals surface area contributed by atoms with E-state index in [1.165, 1.54) is 6.08 Å². The minimum Gasteiger partial charge on any atom is -0.478 e. The standard InChI is InChI=1S/C14H12O2/c1-10-6-7-11-4-2-3-5-13(11)12(10)8-9-14(15)16/h2-9H,1H3,(H,15,16)/b9-8+. The van der Waals surface area contributed by atoms with Gasteiger partial charge in [0.25, 0.3) is 0 Å². The molecule has 2 aromatic rings. The van der Waals surface area contributed by atoms with Gasteiger partial charge in [-0.05, 0) is 34.9 Å². The highest BCUT2D eigenvalue weighted by atomic mass is 16.4. The molecule has 0 spiro atoms. The Labute approximate surface area is 93.8 Å². The quantitative estimate of drug-likeness (QED) is 0.776. The first kappa shape index (κ1) is 10.4. The van der Waals surface area contributed by atoms with Gasteiger partial charge in [-0.15, -0.1) is 0 Å². The van der Waals surface area contributed by atoms with Gasteiger partial charge in [-0.3, -0.25) is 0 Å². The second-order valence-corrected chi connectivity index (χ2v) is 3.69. The van der Waals surface area contributed by atoms with E-state index in [1.54, 1.807) is 6.08 Å². The Balaban J connectivity index is 2.66. The molecule has 0 heterocycles. The summed E-state index contributed by atoms with van der Waals surface area (Å²) in [7, 11) is 0. The van der Waals surface area contributed by atoms with Crippen molar-refractivity contribution in [3.05, 3.63) is 53.6 Å². The Bertz CT molecular complexity index is 568. The van der Waals surface area contributed by atoms with Crippen molar-refractivity contribution < 1.29 is 9.90 Å². The van der Waals surface area contributed by atoms with Crippen LogP contribution < -0.4 is 0 Å². The molecule has 1 N–H and O–H groups in total. The fourth-order valence-corrected chi connectivity index (χ4v) is 1.78. The van der Waals surface area contributed by atoms with E-state index in [9.17, 15) is 4.79 Å². The van der Waals surface area contributed by atoms with Crippen LogP contribution in [0.5, 0.6) is 0 Å². The second-order valence-electron chi connectivity index (χ2n) is 3.69. The van der Waals surface area contributed by atoms with Crippen molar-refractivity contribution in [1.82, 2.24) is 0 Å². The van der Waals surface area contributed by atoms with Gasteiger partial charge in [-0.1, -0.05) is 36.4 Å². The molecule has 0 unspecified atom stereocenters. The summed E-state index contributed by atoms with van der Waals surface area (Å²) in [6.07, 6.45) is 2.83. The molecular weight excluding hydrogens is 200 g/mol. The normalized spacial score (nSPS) is 11.1. The molecule has 2 aromatic carbocycles. The third-order valence-electron chi connectivity index (χ3n) is 2.58. The van der Waals surface area contributed by atoms with Gasteiger partial charge < -0.3 is 5.11 Å². The number of benzene rings is 2. The van der Waals surface area contributed by atoms with Crippen molar-refractivity contribution in [2.24, 2.45) is 0 Å². The zero-order valence-corrected chi connectivity index (χ0v) is 8.97. The molecule has 2 rings (SSSR count). The van der Waals surface area contributed by atoms with Gasteiger partial charge in [-0.25, -0.2) is 4.79 Å². The number of aryl methyl sites for hydroxylation is 1. The van der Waals surface area contributed by atoms with E-state index in [-0.39, 0.29) is 0 Å². The van der Waals surface area contributed by atoms with Crippen LogP contribution in [0.1, 0.15) is 11.1 Å². The molecule has 0 atom stereocenters. The predicted molar refractivity (Wildman–Crippen MR) is 65.4 cm³/mol. The largest absolute Gasteiger partial charge is 0.478 e. The lowest BCUT2D eigenvalue weighted by Crippen LogP contribution is -1.88. The highest BCUT2D eigenvalue weighted by molar-refractivity contribution is 5.95. The van der Waals surface area contributed by atoms with Crippen molar-refractivity contribution in [3.63, 3.8) is 0 Å². The zero-order valence-electron chi connectivity index (χ0n) is 8.97. The highest BCUT2D eigenvalue weighted by Crippen LogP contribution is 2.23. The van der Waals surface area contributed by atoms with E-state index >= 15 is 0 Å². The van der Waals surface area contributed by atoms with Crippen molar-refractivity contribution in [2.45, 2.75) is 6.92 Å². The second kappa shape index (κ2) is 4.19. The molecule has 0 aliphatic heterocycles. The molecule has 0 aromatic heterocycles. The van der Waals surface area contributed by atoms with E-state index in [2.05, 4.69) is 0 Å². The fourth-order valence-electron chi connectivity index (χ4n) is 1.78. The predicted octanol–water partition coefficient (Wildman–Crippen LogP) is 3.25. The fraction of sp³-hybridized carbons (Fsp3) is 0.0714. The van der Waals surface area contributed by atoms with E-state index in [0.29, 0.717) is 0 Å². The number of aliphatic carboxylic acids is 1. The Morgan fingerprint density at radius 3 is 2.69 bits per heavy atom. The average Bonchev–Trinajstić information content (AvgIpc) is 2.27. The molecule has 0 bridgehead atoms. The van der Waals surface area contributed by atoms with Crippen LogP contribution in [0.4, 0.5) is 0 Å². The SMILES string of the molecule is Cc1ccc2ccccc2c1/C=C/C(=O)O. The third kappa shape index (κ3) is 1.96. The number of carbonyl (C=O) groups is 1. The van der Waals surface area contributed by atoms with Crippen LogP contribution in [0.15, 0.2) is 42.5 Å². The lowest BCUT2D eigenvalue weighted by molar-refractivity contribution is -0.131. The van der Waals surface area contributed by atoms with Gasteiger partial charge in [0.15, 0.2) is 0 Å². The van der Waals surface area contributed by atoms with Crippen molar-refractivity contribution in [3.8, 4) is 0 Å². The highest BCUT2D eigenvalue weighted by Gasteiger charge is 2.01. The summed E-state index contributed by atoms with van der Waals surface area (Å²) < 4.78 is 0. The third-order valence-corrected chi connectivity index (χ3v) is 2.58. The summed E-state index contributed by atoms with van der Waals surface area (Å²) in [5.41, 5.74) is 2.05. The van der Waals surface area contributed by atoms with E-state index < -0.39 is 5.97 Å². The van der Waals surface area contributed by atoms with Crippen LogP contribution in [0.2, 0.25) is 0 Å². The van der Waals surface area contributed by atoms with Crippen LogP contribution in [-0.2, 0) is 4.79 Å². The molecule has 0 amide bonds. The Hall–Kier alpha value is -2.09. The number of hydrogen-bond donors (Lipinski definition) is 1. The van der Waals surface area contributed by atoms with Crippen molar-refractivity contribution in [1.29, 1.82) is 0 Å². The molecule has 16 heavy (non-hydrogen) atoms. The van der Waals surface area contributed by atoms with Gasteiger partial charge in [-0.2, -0.15) is 0 Å². The van der Waals surface area contributed by atoms with Crippen LogP contribution >= 0.6 is 0 Å². The van der Waals surface area contributed by atoms with Gasteiger partial charge in [0.05, 0.1) is 0 Å². The molecule has 80 valence electrons. The van der Waals surface area contributed by atoms with Crippen LogP contribution in [0, 0.1) is 6.92 Å². The summed E-state index contributed by atoms with van der Waals surface area (Å²) in [6.45, 7) is 1.98. The minimum absolute atomic E-state index is 0.924. The molecule has 0 aliphatic carbocycles. The van der Waals surface area contributed by atoms with Crippen LogP contribution in [-0.4, -0.2) is 11.1 Å². The smallest absolute Gasteiger partial charge is 0.328 e. The van der Waals surface area contributed by atoms with Gasteiger partial charge in [0, 0.05) is 6.08 Å². The van der Waals surface area contributed by atoms with Gasteiger partial charge in [0.1, 0.15) is 0 Å². The van der Waals surface area contributed by atoms with Crippen molar-refractivity contribution >= 4 is 22.8 Å². The minimum atomic E-state index is -0.924. The molecule has 0 aliphatic rings. The van der Waals surface area contributed by atoms with Crippen LogP contribution in [0.3, 0.4) is 0 Å². The Kier molecular flexibility index (Phi) is 2.73. The van der Waals surface area contributed by atoms with Gasteiger partial charge in [0.2, 0.25) is 0 Å². The molecule has 2 nitrogen and oxygen atoms in total.